The van der Waals surface area contributed by atoms with Crippen LogP contribution in [0.15, 0.2) is 299 Å². The highest BCUT2D eigenvalue weighted by atomic mass is 79.9. The SMILES string of the molecule is BrCc1ccc2ccccc2c1.C.C1=CN(CN2C=CN(Cc3ccc4ccccc4c3)C2)CN1Cc1ccc2ccccc2c1.C1=CN(CN2C=CN(Cc3ccc4ccccc4c3)C2)CN1Cc1ccc2ccccc2c1.c1cn(Cn2ccnc2)cn1. The summed E-state index contributed by atoms with van der Waals surface area (Å²) in [4.78, 5) is 26.8. The molecule has 452 valence electrons. The van der Waals surface area contributed by atoms with Crippen LogP contribution < -0.4 is 0 Å². The Bertz CT molecular complexity index is 3960. The Morgan fingerprint density at radius 2 is 0.522 bits per heavy atom. The second-order valence-corrected chi connectivity index (χ2v) is 23.8. The van der Waals surface area contributed by atoms with Gasteiger partial charge in [-0.05, 0) is 106 Å². The maximum Gasteiger partial charge on any atom is 0.101 e. The highest BCUT2D eigenvalue weighted by Gasteiger charge is 2.21. The van der Waals surface area contributed by atoms with Gasteiger partial charge in [-0.25, -0.2) is 9.97 Å². The molecule has 4 aliphatic heterocycles. The van der Waals surface area contributed by atoms with E-state index in [-0.39, 0.29) is 7.43 Å². The second-order valence-electron chi connectivity index (χ2n) is 23.2. The van der Waals surface area contributed by atoms with Crippen molar-refractivity contribution in [2.75, 3.05) is 40.0 Å². The standard InChI is InChI=1S/2C29H28N4.C11H9Br.C7H8N4.CH4/c2*1-3-7-28-17-24(9-11-26(28)5-1)19-30-13-15-32(21-30)23-33-16-14-31(22-33)20-25-10-12-27-6-2-4-8-29(27)18-25;12-8-9-5-6-10-3-1-2-4-11(10)7-9;1-3-10(5-8-1)7-11-4-2-9-6-11;/h2*1-18H,19-23H2;1-7H,8H2;1-6H,7H2;1H4. The van der Waals surface area contributed by atoms with Crippen LogP contribution in [-0.4, -0.2) is 98.3 Å². The zero-order valence-electron chi connectivity index (χ0n) is 50.0. The molecule has 10 aromatic carbocycles. The van der Waals surface area contributed by atoms with Crippen molar-refractivity contribution in [2.24, 2.45) is 0 Å². The number of rotatable bonds is 15. The molecule has 90 heavy (non-hydrogen) atoms. The largest absolute Gasteiger partial charge is 0.354 e. The predicted octanol–water partition coefficient (Wildman–Crippen LogP) is 16.4. The fourth-order valence-corrected chi connectivity index (χ4v) is 12.2. The van der Waals surface area contributed by atoms with E-state index in [1.165, 1.54) is 81.7 Å². The van der Waals surface area contributed by atoms with Crippen LogP contribution in [0.2, 0.25) is 0 Å². The molecule has 0 aliphatic carbocycles. The zero-order valence-corrected chi connectivity index (χ0v) is 51.6. The van der Waals surface area contributed by atoms with Gasteiger partial charge in [0, 0.05) is 106 Å². The Hall–Kier alpha value is -10.2. The van der Waals surface area contributed by atoms with Crippen molar-refractivity contribution in [3.8, 4) is 0 Å². The summed E-state index contributed by atoms with van der Waals surface area (Å²) in [6.45, 7) is 9.98. The van der Waals surface area contributed by atoms with Gasteiger partial charge >= 0.3 is 0 Å². The van der Waals surface area contributed by atoms with E-state index in [4.69, 9.17) is 0 Å². The number of hydrogen-bond donors (Lipinski definition) is 0. The lowest BCUT2D eigenvalue weighted by atomic mass is 10.1. The van der Waals surface area contributed by atoms with Gasteiger partial charge in [0.15, 0.2) is 0 Å². The summed E-state index contributed by atoms with van der Waals surface area (Å²) in [5.41, 5.74) is 6.73. The van der Waals surface area contributed by atoms with Crippen molar-refractivity contribution >= 4 is 69.8 Å². The molecule has 0 radical (unpaired) electrons. The van der Waals surface area contributed by atoms with Crippen LogP contribution in [0, 0.1) is 0 Å². The lowest BCUT2D eigenvalue weighted by Gasteiger charge is -2.27. The van der Waals surface area contributed by atoms with Gasteiger partial charge in [-0.1, -0.05) is 211 Å². The van der Waals surface area contributed by atoms with Crippen LogP contribution in [-0.2, 0) is 38.2 Å². The summed E-state index contributed by atoms with van der Waals surface area (Å²) in [5.74, 6) is 0. The van der Waals surface area contributed by atoms with Crippen LogP contribution in [0.4, 0.5) is 0 Å². The molecule has 12 aromatic rings. The molecule has 0 saturated heterocycles. The Kier molecular flexibility index (Phi) is 19.5. The minimum atomic E-state index is 0. The monoisotopic (exact) mass is 1250 g/mol. The average molecular weight is 1250 g/mol. The number of halogens is 1. The summed E-state index contributed by atoms with van der Waals surface area (Å²) in [6.07, 6.45) is 28.6. The van der Waals surface area contributed by atoms with Gasteiger partial charge < -0.3 is 48.3 Å². The Balaban J connectivity index is 0.000000128. The van der Waals surface area contributed by atoms with E-state index in [2.05, 4.69) is 327 Å². The lowest BCUT2D eigenvalue weighted by Crippen LogP contribution is -2.35. The molecule has 0 bridgehead atoms. The van der Waals surface area contributed by atoms with Crippen LogP contribution >= 0.6 is 15.9 Å². The van der Waals surface area contributed by atoms with Gasteiger partial charge in [-0.2, -0.15) is 0 Å². The molecular weight excluding hydrogens is 1170 g/mol. The third-order valence-corrected chi connectivity index (χ3v) is 17.0. The second kappa shape index (κ2) is 29.2. The van der Waals surface area contributed by atoms with E-state index in [0.717, 1.165) is 78.2 Å². The summed E-state index contributed by atoms with van der Waals surface area (Å²) < 4.78 is 3.95. The minimum absolute atomic E-state index is 0. The fraction of sp³-hybridized carbons (Fsp3) is 0.169. The number of aromatic nitrogens is 4. The molecule has 6 heterocycles. The normalized spacial score (nSPS) is 14.0. The van der Waals surface area contributed by atoms with Crippen molar-refractivity contribution in [3.05, 3.63) is 327 Å². The minimum Gasteiger partial charge on any atom is -0.354 e. The molecule has 12 nitrogen and oxygen atoms in total. The summed E-state index contributed by atoms with van der Waals surface area (Å²) in [6, 6.07) is 76.3. The van der Waals surface area contributed by atoms with Crippen LogP contribution in [0.1, 0.15) is 35.2 Å². The fourth-order valence-electron chi connectivity index (χ4n) is 11.8. The Labute approximate surface area is 537 Å². The molecule has 16 rings (SSSR count). The van der Waals surface area contributed by atoms with Crippen molar-refractivity contribution in [2.45, 2.75) is 45.6 Å². The van der Waals surface area contributed by atoms with E-state index in [0.29, 0.717) is 0 Å². The van der Waals surface area contributed by atoms with Gasteiger partial charge in [-0.15, -0.1) is 0 Å². The molecule has 4 aliphatic rings. The first-order valence-corrected chi connectivity index (χ1v) is 31.6. The highest BCUT2D eigenvalue weighted by molar-refractivity contribution is 9.08. The highest BCUT2D eigenvalue weighted by Crippen LogP contribution is 2.25. The smallest absolute Gasteiger partial charge is 0.101 e. The number of fused-ring (bicyclic) bond motifs is 5. The Morgan fingerprint density at radius 3 is 0.778 bits per heavy atom. The van der Waals surface area contributed by atoms with Crippen molar-refractivity contribution in [1.82, 2.24) is 58.3 Å². The third kappa shape index (κ3) is 15.9. The number of benzene rings is 10. The van der Waals surface area contributed by atoms with Crippen LogP contribution in [0.3, 0.4) is 0 Å². The molecule has 2 aromatic heterocycles. The van der Waals surface area contributed by atoms with E-state index >= 15 is 0 Å². The van der Waals surface area contributed by atoms with E-state index in [1.807, 2.05) is 21.5 Å². The zero-order chi connectivity index (χ0) is 60.0. The molecule has 0 saturated carbocycles. The van der Waals surface area contributed by atoms with Gasteiger partial charge in [0.25, 0.3) is 0 Å². The predicted molar refractivity (Wildman–Crippen MR) is 374 cm³/mol. The first-order chi connectivity index (χ1) is 43.9. The summed E-state index contributed by atoms with van der Waals surface area (Å²) in [5, 5.41) is 14.0. The molecule has 0 N–H and O–H groups in total. The topological polar surface area (TPSA) is 61.6 Å². The van der Waals surface area contributed by atoms with Crippen molar-refractivity contribution in [1.29, 1.82) is 0 Å². The van der Waals surface area contributed by atoms with E-state index in [1.54, 1.807) is 25.0 Å². The Morgan fingerprint density at radius 1 is 0.278 bits per heavy atom. The molecule has 13 heteroatoms. The summed E-state index contributed by atoms with van der Waals surface area (Å²) >= 11 is 3.44. The van der Waals surface area contributed by atoms with Gasteiger partial charge in [0.05, 0.1) is 52.7 Å². The quantitative estimate of drug-likeness (QED) is 0.0928. The number of imidazole rings is 2. The maximum atomic E-state index is 3.93. The number of alkyl halides is 1. The maximum absolute atomic E-state index is 3.93. The number of hydrogen-bond acceptors (Lipinski definition) is 10. The summed E-state index contributed by atoms with van der Waals surface area (Å²) in [7, 11) is 0. The molecule has 0 unspecified atom stereocenters. The van der Waals surface area contributed by atoms with E-state index < -0.39 is 0 Å². The molecule has 0 fully saturated rings. The molecule has 0 spiro atoms. The lowest BCUT2D eigenvalue weighted by molar-refractivity contribution is 0.159. The number of nitrogens with zero attached hydrogens (tertiary/aromatic N) is 12. The third-order valence-electron chi connectivity index (χ3n) is 16.3. The van der Waals surface area contributed by atoms with Crippen LogP contribution in [0.25, 0.3) is 53.9 Å². The van der Waals surface area contributed by atoms with Gasteiger partial charge in [-0.3, -0.25) is 0 Å². The average Bonchev–Trinajstić information content (AvgIpc) is 2.67. The molecule has 0 atom stereocenters. The first kappa shape index (κ1) is 60.1. The van der Waals surface area contributed by atoms with Gasteiger partial charge in [0.1, 0.15) is 6.67 Å². The van der Waals surface area contributed by atoms with Crippen molar-refractivity contribution < 1.29 is 0 Å². The van der Waals surface area contributed by atoms with Crippen LogP contribution in [0.5, 0.6) is 0 Å². The first-order valence-electron chi connectivity index (χ1n) is 30.4. The van der Waals surface area contributed by atoms with Crippen molar-refractivity contribution in [3.63, 3.8) is 0 Å². The van der Waals surface area contributed by atoms with Gasteiger partial charge in [0.2, 0.25) is 0 Å². The van der Waals surface area contributed by atoms with E-state index in [9.17, 15) is 0 Å². The molecular formula is C77H77BrN12. The molecule has 0 amide bonds.